The van der Waals surface area contributed by atoms with E-state index in [0.29, 0.717) is 28.3 Å². The molecule has 0 spiro atoms. The lowest BCUT2D eigenvalue weighted by molar-refractivity contribution is -0.113. The minimum Gasteiger partial charge on any atom is -0.496 e. The molecule has 0 bridgehead atoms. The van der Waals surface area contributed by atoms with E-state index < -0.39 is 0 Å². The zero-order valence-corrected chi connectivity index (χ0v) is 18.4. The molecule has 29 heavy (non-hydrogen) atoms. The Bertz CT molecular complexity index is 1040. The summed E-state index contributed by atoms with van der Waals surface area (Å²) in [6.07, 6.45) is 0. The van der Waals surface area contributed by atoms with Crippen molar-refractivity contribution in [2.45, 2.75) is 32.5 Å². The van der Waals surface area contributed by atoms with Crippen molar-refractivity contribution >= 4 is 35.0 Å². The zero-order valence-electron chi connectivity index (χ0n) is 16.8. The summed E-state index contributed by atoms with van der Waals surface area (Å²) in [5.74, 6) is 1.47. The number of nitrogens with zero attached hydrogens (tertiary/aromatic N) is 3. The molecule has 6 nitrogen and oxygen atoms in total. The Labute approximate surface area is 179 Å². The fraction of sp³-hybridized carbons (Fsp3) is 0.286. The molecular weight excluding hydrogens is 408 g/mol. The predicted octanol–water partition coefficient (Wildman–Crippen LogP) is 4.97. The van der Waals surface area contributed by atoms with E-state index in [1.54, 1.807) is 25.3 Å². The number of methoxy groups -OCH3 is 1. The highest BCUT2D eigenvalue weighted by atomic mass is 35.5. The SMILES string of the molecule is CCn1c(SCC(=O)Nc2cc(C)ccc2C)nnc1-c1cc(Cl)ccc1OC. The summed E-state index contributed by atoms with van der Waals surface area (Å²) in [7, 11) is 1.60. The lowest BCUT2D eigenvalue weighted by Gasteiger charge is -2.11. The smallest absolute Gasteiger partial charge is 0.234 e. The highest BCUT2D eigenvalue weighted by molar-refractivity contribution is 7.99. The molecule has 8 heteroatoms. The number of carbonyl (C=O) groups excluding carboxylic acids is 1. The van der Waals surface area contributed by atoms with Crippen molar-refractivity contribution in [1.82, 2.24) is 14.8 Å². The van der Waals surface area contributed by atoms with Crippen molar-refractivity contribution in [2.24, 2.45) is 0 Å². The van der Waals surface area contributed by atoms with Gasteiger partial charge in [0, 0.05) is 17.3 Å². The Hall–Kier alpha value is -2.51. The summed E-state index contributed by atoms with van der Waals surface area (Å²) < 4.78 is 7.39. The molecule has 152 valence electrons. The molecule has 0 aliphatic heterocycles. The maximum absolute atomic E-state index is 12.4. The van der Waals surface area contributed by atoms with Crippen LogP contribution in [0.25, 0.3) is 11.4 Å². The Kier molecular flexibility index (Phi) is 6.82. The molecule has 3 rings (SSSR count). The standard InChI is InChI=1S/C21H23ClN4O2S/c1-5-26-20(16-11-15(22)8-9-18(16)28-4)24-25-21(26)29-12-19(27)23-17-10-13(2)6-7-14(17)3/h6-11H,5,12H2,1-4H3,(H,23,27). The average molecular weight is 431 g/mol. The number of aryl methyl sites for hydroxylation is 2. The molecule has 1 amide bonds. The first-order valence-electron chi connectivity index (χ1n) is 9.20. The molecule has 1 heterocycles. The maximum Gasteiger partial charge on any atom is 0.234 e. The van der Waals surface area contributed by atoms with E-state index >= 15 is 0 Å². The van der Waals surface area contributed by atoms with Crippen LogP contribution in [0.3, 0.4) is 0 Å². The highest BCUT2D eigenvalue weighted by Gasteiger charge is 2.18. The number of hydrogen-bond acceptors (Lipinski definition) is 5. The number of anilines is 1. The lowest BCUT2D eigenvalue weighted by Crippen LogP contribution is -2.15. The Balaban J connectivity index is 1.77. The van der Waals surface area contributed by atoms with E-state index in [0.717, 1.165) is 22.4 Å². The number of halogens is 1. The van der Waals surface area contributed by atoms with Crippen molar-refractivity contribution in [3.8, 4) is 17.1 Å². The van der Waals surface area contributed by atoms with Crippen LogP contribution >= 0.6 is 23.4 Å². The molecule has 2 aromatic carbocycles. The molecule has 0 unspecified atom stereocenters. The van der Waals surface area contributed by atoms with Crippen LogP contribution in [0.2, 0.25) is 5.02 Å². The highest BCUT2D eigenvalue weighted by Crippen LogP contribution is 2.33. The van der Waals surface area contributed by atoms with Crippen molar-refractivity contribution in [2.75, 3.05) is 18.2 Å². The lowest BCUT2D eigenvalue weighted by atomic mass is 10.1. The van der Waals surface area contributed by atoms with Crippen LogP contribution in [-0.4, -0.2) is 33.5 Å². The van der Waals surface area contributed by atoms with Gasteiger partial charge in [0.25, 0.3) is 0 Å². The number of thioether (sulfide) groups is 1. The summed E-state index contributed by atoms with van der Waals surface area (Å²) in [5.41, 5.74) is 3.73. The second-order valence-electron chi connectivity index (χ2n) is 6.55. The first-order chi connectivity index (χ1) is 13.9. The summed E-state index contributed by atoms with van der Waals surface area (Å²) in [6.45, 7) is 6.63. The normalized spacial score (nSPS) is 10.8. The topological polar surface area (TPSA) is 69.0 Å². The number of ether oxygens (including phenoxy) is 1. The van der Waals surface area contributed by atoms with Gasteiger partial charge in [-0.2, -0.15) is 0 Å². The van der Waals surface area contributed by atoms with Gasteiger partial charge in [0.05, 0.1) is 18.4 Å². The molecule has 0 fully saturated rings. The van der Waals surface area contributed by atoms with Crippen LogP contribution in [0.4, 0.5) is 5.69 Å². The van der Waals surface area contributed by atoms with Gasteiger partial charge in [0.15, 0.2) is 11.0 Å². The number of amides is 1. The van der Waals surface area contributed by atoms with E-state index in [-0.39, 0.29) is 11.7 Å². The molecule has 0 saturated heterocycles. The van der Waals surface area contributed by atoms with Crippen LogP contribution in [0.5, 0.6) is 5.75 Å². The molecule has 0 radical (unpaired) electrons. The molecule has 1 aromatic heterocycles. The predicted molar refractivity (Wildman–Crippen MR) is 118 cm³/mol. The van der Waals surface area contributed by atoms with Crippen LogP contribution in [-0.2, 0) is 11.3 Å². The monoisotopic (exact) mass is 430 g/mol. The third-order valence-electron chi connectivity index (χ3n) is 4.44. The van der Waals surface area contributed by atoms with E-state index in [1.165, 1.54) is 11.8 Å². The summed E-state index contributed by atoms with van der Waals surface area (Å²) in [5, 5.41) is 12.8. The first-order valence-corrected chi connectivity index (χ1v) is 10.6. The molecule has 0 saturated carbocycles. The zero-order chi connectivity index (χ0) is 21.0. The molecule has 0 aliphatic carbocycles. The van der Waals surface area contributed by atoms with E-state index in [1.807, 2.05) is 43.5 Å². The first kappa shape index (κ1) is 21.2. The van der Waals surface area contributed by atoms with Gasteiger partial charge in [0.2, 0.25) is 5.91 Å². The van der Waals surface area contributed by atoms with E-state index in [2.05, 4.69) is 15.5 Å². The molecular formula is C21H23ClN4O2S. The van der Waals surface area contributed by atoms with Crippen molar-refractivity contribution in [1.29, 1.82) is 0 Å². The van der Waals surface area contributed by atoms with Gasteiger partial charge in [0.1, 0.15) is 5.75 Å². The largest absolute Gasteiger partial charge is 0.496 e. The van der Waals surface area contributed by atoms with Gasteiger partial charge in [-0.3, -0.25) is 4.79 Å². The fourth-order valence-corrected chi connectivity index (χ4v) is 3.90. The van der Waals surface area contributed by atoms with Gasteiger partial charge in [-0.15, -0.1) is 10.2 Å². The molecule has 0 atom stereocenters. The van der Waals surface area contributed by atoms with Crippen LogP contribution in [0.15, 0.2) is 41.6 Å². The minimum absolute atomic E-state index is 0.0868. The maximum atomic E-state index is 12.4. The number of nitrogens with one attached hydrogen (secondary N) is 1. The van der Waals surface area contributed by atoms with Gasteiger partial charge in [-0.25, -0.2) is 0 Å². The van der Waals surface area contributed by atoms with Gasteiger partial charge in [-0.05, 0) is 56.2 Å². The summed E-state index contributed by atoms with van der Waals surface area (Å²) >= 11 is 7.50. The number of hydrogen-bond donors (Lipinski definition) is 1. The molecule has 0 aliphatic rings. The average Bonchev–Trinajstić information content (AvgIpc) is 3.12. The number of carbonyl (C=O) groups is 1. The molecule has 1 N–H and O–H groups in total. The number of benzene rings is 2. The van der Waals surface area contributed by atoms with E-state index in [4.69, 9.17) is 16.3 Å². The number of rotatable bonds is 7. The second kappa shape index (κ2) is 9.33. The third kappa shape index (κ3) is 4.92. The van der Waals surface area contributed by atoms with E-state index in [9.17, 15) is 4.79 Å². The Morgan fingerprint density at radius 3 is 2.72 bits per heavy atom. The second-order valence-corrected chi connectivity index (χ2v) is 7.93. The third-order valence-corrected chi connectivity index (χ3v) is 5.64. The van der Waals surface area contributed by atoms with Crippen LogP contribution in [0, 0.1) is 13.8 Å². The quantitative estimate of drug-likeness (QED) is 0.535. The minimum atomic E-state index is -0.0868. The van der Waals surface area contributed by atoms with Crippen molar-refractivity contribution in [3.63, 3.8) is 0 Å². The number of aromatic nitrogens is 3. The summed E-state index contributed by atoms with van der Waals surface area (Å²) in [4.78, 5) is 12.4. The Morgan fingerprint density at radius 2 is 2.00 bits per heavy atom. The van der Waals surface area contributed by atoms with Crippen molar-refractivity contribution < 1.29 is 9.53 Å². The van der Waals surface area contributed by atoms with Crippen LogP contribution in [0.1, 0.15) is 18.1 Å². The fourth-order valence-electron chi connectivity index (χ4n) is 2.92. The van der Waals surface area contributed by atoms with Gasteiger partial charge < -0.3 is 14.6 Å². The van der Waals surface area contributed by atoms with Gasteiger partial charge in [-0.1, -0.05) is 35.5 Å². The molecule has 3 aromatic rings. The van der Waals surface area contributed by atoms with Crippen LogP contribution < -0.4 is 10.1 Å². The Morgan fingerprint density at radius 1 is 1.21 bits per heavy atom. The van der Waals surface area contributed by atoms with Crippen molar-refractivity contribution in [3.05, 3.63) is 52.5 Å². The van der Waals surface area contributed by atoms with Gasteiger partial charge >= 0.3 is 0 Å². The summed E-state index contributed by atoms with van der Waals surface area (Å²) in [6, 6.07) is 11.4.